The molecule has 0 aliphatic rings. The number of hydrogen-bond acceptors (Lipinski definition) is 2. The summed E-state index contributed by atoms with van der Waals surface area (Å²) in [7, 11) is 0. The predicted octanol–water partition coefficient (Wildman–Crippen LogP) is 2.19. The third-order valence-corrected chi connectivity index (χ3v) is 1.62. The molecule has 1 rings (SSSR count). The molecular formula is C10H13FN2. The summed E-state index contributed by atoms with van der Waals surface area (Å²) in [6.45, 7) is 3.83. The summed E-state index contributed by atoms with van der Waals surface area (Å²) in [6.07, 6.45) is 3.32. The highest BCUT2D eigenvalue weighted by Crippen LogP contribution is 2.13. The third-order valence-electron chi connectivity index (χ3n) is 1.62. The number of aromatic nitrogens is 1. The molecule has 0 saturated carbocycles. The summed E-state index contributed by atoms with van der Waals surface area (Å²) < 4.78 is 13.1. The zero-order valence-corrected chi connectivity index (χ0v) is 7.79. The maximum atomic E-state index is 13.1. The lowest BCUT2D eigenvalue weighted by molar-refractivity contribution is 0.589. The van der Waals surface area contributed by atoms with Crippen molar-refractivity contribution in [1.29, 1.82) is 0 Å². The lowest BCUT2D eigenvalue weighted by Crippen LogP contribution is -2.11. The SMILES string of the molecule is CC(C)=CC(N)c1ncccc1F. The predicted molar refractivity (Wildman–Crippen MR) is 50.6 cm³/mol. The van der Waals surface area contributed by atoms with Gasteiger partial charge in [0, 0.05) is 6.20 Å². The molecule has 0 amide bonds. The Hall–Kier alpha value is -1.22. The molecule has 70 valence electrons. The van der Waals surface area contributed by atoms with Crippen molar-refractivity contribution < 1.29 is 4.39 Å². The Morgan fingerprint density at radius 3 is 2.85 bits per heavy atom. The highest BCUT2D eigenvalue weighted by Gasteiger charge is 2.08. The van der Waals surface area contributed by atoms with E-state index in [0.29, 0.717) is 5.69 Å². The first-order chi connectivity index (χ1) is 6.11. The number of pyridine rings is 1. The molecule has 2 N–H and O–H groups in total. The highest BCUT2D eigenvalue weighted by molar-refractivity contribution is 5.17. The van der Waals surface area contributed by atoms with E-state index in [4.69, 9.17) is 5.73 Å². The third kappa shape index (κ3) is 2.63. The summed E-state index contributed by atoms with van der Waals surface area (Å²) in [4.78, 5) is 3.89. The van der Waals surface area contributed by atoms with Gasteiger partial charge in [0.15, 0.2) is 0 Å². The number of hydrogen-bond donors (Lipinski definition) is 1. The molecule has 0 bridgehead atoms. The molecule has 1 heterocycles. The second kappa shape index (κ2) is 4.14. The van der Waals surface area contributed by atoms with Crippen LogP contribution in [0.25, 0.3) is 0 Å². The van der Waals surface area contributed by atoms with Crippen molar-refractivity contribution in [2.45, 2.75) is 19.9 Å². The maximum Gasteiger partial charge on any atom is 0.146 e. The lowest BCUT2D eigenvalue weighted by Gasteiger charge is -2.07. The van der Waals surface area contributed by atoms with Crippen LogP contribution in [-0.4, -0.2) is 4.98 Å². The van der Waals surface area contributed by atoms with Gasteiger partial charge in [-0.2, -0.15) is 0 Å². The molecule has 0 aromatic carbocycles. The van der Waals surface area contributed by atoms with E-state index >= 15 is 0 Å². The Kier molecular flexibility index (Phi) is 3.14. The first kappa shape index (κ1) is 9.86. The van der Waals surface area contributed by atoms with E-state index < -0.39 is 6.04 Å². The van der Waals surface area contributed by atoms with Crippen LogP contribution in [0, 0.1) is 5.82 Å². The van der Waals surface area contributed by atoms with Gasteiger partial charge < -0.3 is 5.73 Å². The molecule has 13 heavy (non-hydrogen) atoms. The molecule has 0 aliphatic carbocycles. The van der Waals surface area contributed by atoms with Crippen LogP contribution in [0.1, 0.15) is 25.6 Å². The monoisotopic (exact) mass is 180 g/mol. The summed E-state index contributed by atoms with van der Waals surface area (Å²) in [5, 5.41) is 0. The van der Waals surface area contributed by atoms with Crippen molar-refractivity contribution in [3.05, 3.63) is 41.5 Å². The van der Waals surface area contributed by atoms with Crippen LogP contribution in [-0.2, 0) is 0 Å². The second-order valence-electron chi connectivity index (χ2n) is 3.14. The first-order valence-electron chi connectivity index (χ1n) is 4.12. The normalized spacial score (nSPS) is 12.3. The smallest absolute Gasteiger partial charge is 0.146 e. The van der Waals surface area contributed by atoms with E-state index in [9.17, 15) is 4.39 Å². The minimum absolute atomic E-state index is 0.295. The lowest BCUT2D eigenvalue weighted by atomic mass is 10.1. The molecule has 1 unspecified atom stereocenters. The molecule has 2 nitrogen and oxygen atoms in total. The summed E-state index contributed by atoms with van der Waals surface area (Å²) in [6, 6.07) is 2.46. The van der Waals surface area contributed by atoms with Gasteiger partial charge in [-0.05, 0) is 26.0 Å². The Bertz CT molecular complexity index is 316. The first-order valence-corrected chi connectivity index (χ1v) is 4.12. The fourth-order valence-electron chi connectivity index (χ4n) is 1.08. The van der Waals surface area contributed by atoms with E-state index in [2.05, 4.69) is 4.98 Å². The molecule has 3 heteroatoms. The number of halogens is 1. The fraction of sp³-hybridized carbons (Fsp3) is 0.300. The van der Waals surface area contributed by atoms with Crippen molar-refractivity contribution in [2.75, 3.05) is 0 Å². The van der Waals surface area contributed by atoms with Crippen LogP contribution in [0.3, 0.4) is 0 Å². The van der Waals surface area contributed by atoms with Crippen LogP contribution in [0.15, 0.2) is 30.0 Å². The van der Waals surface area contributed by atoms with Gasteiger partial charge in [0.2, 0.25) is 0 Å². The molecular weight excluding hydrogens is 167 g/mol. The minimum Gasteiger partial charge on any atom is -0.319 e. The molecule has 0 saturated heterocycles. The molecule has 0 aliphatic heterocycles. The van der Waals surface area contributed by atoms with E-state index in [1.165, 1.54) is 12.3 Å². The van der Waals surface area contributed by atoms with Crippen molar-refractivity contribution in [3.63, 3.8) is 0 Å². The second-order valence-corrected chi connectivity index (χ2v) is 3.14. The molecule has 1 aromatic heterocycles. The van der Waals surface area contributed by atoms with Crippen LogP contribution < -0.4 is 5.73 Å². The van der Waals surface area contributed by atoms with Gasteiger partial charge in [-0.25, -0.2) is 4.39 Å². The van der Waals surface area contributed by atoms with E-state index in [1.807, 2.05) is 13.8 Å². The van der Waals surface area contributed by atoms with Crippen molar-refractivity contribution in [1.82, 2.24) is 4.98 Å². The van der Waals surface area contributed by atoms with Crippen LogP contribution in [0.4, 0.5) is 4.39 Å². The Morgan fingerprint density at radius 1 is 1.62 bits per heavy atom. The highest BCUT2D eigenvalue weighted by atomic mass is 19.1. The van der Waals surface area contributed by atoms with Gasteiger partial charge in [-0.3, -0.25) is 4.98 Å². The van der Waals surface area contributed by atoms with E-state index in [0.717, 1.165) is 5.57 Å². The maximum absolute atomic E-state index is 13.1. The quantitative estimate of drug-likeness (QED) is 0.708. The van der Waals surface area contributed by atoms with Gasteiger partial charge >= 0.3 is 0 Å². The van der Waals surface area contributed by atoms with Crippen LogP contribution >= 0.6 is 0 Å². The standard InChI is InChI=1S/C10H13FN2/c1-7(2)6-9(12)10-8(11)4-3-5-13-10/h3-6,9H,12H2,1-2H3. The van der Waals surface area contributed by atoms with Crippen molar-refractivity contribution in [2.24, 2.45) is 5.73 Å². The van der Waals surface area contributed by atoms with Gasteiger partial charge in [0.25, 0.3) is 0 Å². The average Bonchev–Trinajstić information content (AvgIpc) is 2.03. The van der Waals surface area contributed by atoms with Crippen molar-refractivity contribution in [3.8, 4) is 0 Å². The van der Waals surface area contributed by atoms with E-state index in [1.54, 1.807) is 12.1 Å². The summed E-state index contributed by atoms with van der Waals surface area (Å²) in [5.41, 5.74) is 7.07. The van der Waals surface area contributed by atoms with Crippen LogP contribution in [0.2, 0.25) is 0 Å². The van der Waals surface area contributed by atoms with Gasteiger partial charge in [-0.1, -0.05) is 11.6 Å². The summed E-state index contributed by atoms with van der Waals surface area (Å²) >= 11 is 0. The topological polar surface area (TPSA) is 38.9 Å². The molecule has 1 aromatic rings. The number of nitrogens with zero attached hydrogens (tertiary/aromatic N) is 1. The molecule has 0 radical (unpaired) electrons. The average molecular weight is 180 g/mol. The van der Waals surface area contributed by atoms with Gasteiger partial charge in [0.05, 0.1) is 11.7 Å². The molecule has 1 atom stereocenters. The largest absolute Gasteiger partial charge is 0.319 e. The fourth-order valence-corrected chi connectivity index (χ4v) is 1.08. The van der Waals surface area contributed by atoms with Crippen molar-refractivity contribution >= 4 is 0 Å². The number of nitrogens with two attached hydrogens (primary N) is 1. The van der Waals surface area contributed by atoms with Crippen LogP contribution in [0.5, 0.6) is 0 Å². The Balaban J connectivity index is 2.95. The van der Waals surface area contributed by atoms with Gasteiger partial charge in [-0.15, -0.1) is 0 Å². The zero-order chi connectivity index (χ0) is 9.84. The van der Waals surface area contributed by atoms with E-state index in [-0.39, 0.29) is 5.82 Å². The minimum atomic E-state index is -0.453. The van der Waals surface area contributed by atoms with Gasteiger partial charge in [0.1, 0.15) is 5.82 Å². The number of rotatable bonds is 2. The molecule has 0 spiro atoms. The zero-order valence-electron chi connectivity index (χ0n) is 7.79. The molecule has 0 fully saturated rings. The number of allylic oxidation sites excluding steroid dienone is 1. The Labute approximate surface area is 77.3 Å². The summed E-state index contributed by atoms with van der Waals surface area (Å²) in [5.74, 6) is -0.354. The Morgan fingerprint density at radius 2 is 2.31 bits per heavy atom.